The molecule has 2 aromatic carbocycles. The second-order valence-corrected chi connectivity index (χ2v) is 5.07. The number of benzene rings is 2. The summed E-state index contributed by atoms with van der Waals surface area (Å²) >= 11 is 0. The summed E-state index contributed by atoms with van der Waals surface area (Å²) in [6, 6.07) is 12.6. The smallest absolute Gasteiger partial charge is 0.167 e. The molecule has 0 saturated heterocycles. The van der Waals surface area contributed by atoms with Crippen LogP contribution < -0.4 is 4.74 Å². The average molecular weight is 274 g/mol. The molecule has 2 nitrogen and oxygen atoms in total. The minimum absolute atomic E-state index is 0.170. The third kappa shape index (κ3) is 3.17. The fraction of sp³-hybridized carbons (Fsp3) is 0.294. The van der Waals surface area contributed by atoms with Crippen LogP contribution in [0.25, 0.3) is 0 Å². The molecule has 2 unspecified atom stereocenters. The summed E-state index contributed by atoms with van der Waals surface area (Å²) < 4.78 is 19.4. The van der Waals surface area contributed by atoms with E-state index in [1.807, 2.05) is 31.2 Å². The molecule has 3 heteroatoms. The number of aryl methyl sites for hydroxylation is 2. The summed E-state index contributed by atoms with van der Waals surface area (Å²) in [4.78, 5) is 0. The van der Waals surface area contributed by atoms with Gasteiger partial charge in [-0.3, -0.25) is 0 Å². The molecule has 0 heterocycles. The first-order chi connectivity index (χ1) is 9.49. The van der Waals surface area contributed by atoms with Gasteiger partial charge in [0.15, 0.2) is 11.6 Å². The third-order valence-electron chi connectivity index (χ3n) is 3.33. The van der Waals surface area contributed by atoms with Crippen molar-refractivity contribution in [1.29, 1.82) is 0 Å². The van der Waals surface area contributed by atoms with Crippen LogP contribution in [0.3, 0.4) is 0 Å². The van der Waals surface area contributed by atoms with Crippen LogP contribution in [0.2, 0.25) is 0 Å². The van der Waals surface area contributed by atoms with Gasteiger partial charge in [0.25, 0.3) is 0 Å². The Morgan fingerprint density at radius 3 is 2.35 bits per heavy atom. The summed E-state index contributed by atoms with van der Waals surface area (Å²) in [6.45, 7) is 5.40. The molecule has 2 rings (SSSR count). The van der Waals surface area contributed by atoms with Gasteiger partial charge in [-0.1, -0.05) is 42.0 Å². The first-order valence-corrected chi connectivity index (χ1v) is 6.65. The Kier molecular flexibility index (Phi) is 4.40. The molecule has 0 amide bonds. The van der Waals surface area contributed by atoms with Gasteiger partial charge in [0.2, 0.25) is 0 Å². The third-order valence-corrected chi connectivity index (χ3v) is 3.33. The SMILES string of the molecule is Cc1ccc(C(O)C(C)Oc2cccc(C)c2F)cc1. The highest BCUT2D eigenvalue weighted by Crippen LogP contribution is 2.25. The van der Waals surface area contributed by atoms with Crippen molar-refractivity contribution in [2.24, 2.45) is 0 Å². The fourth-order valence-electron chi connectivity index (χ4n) is 2.01. The molecule has 20 heavy (non-hydrogen) atoms. The second-order valence-electron chi connectivity index (χ2n) is 5.07. The lowest BCUT2D eigenvalue weighted by Gasteiger charge is -2.21. The standard InChI is InChI=1S/C17H19FO2/c1-11-7-9-14(10-8-11)17(19)13(3)20-15-6-4-5-12(2)16(15)18/h4-10,13,17,19H,1-3H3. The van der Waals surface area contributed by atoms with Gasteiger partial charge in [0.1, 0.15) is 12.2 Å². The second kappa shape index (κ2) is 6.06. The number of aliphatic hydroxyl groups is 1. The molecular formula is C17H19FO2. The Balaban J connectivity index is 2.13. The van der Waals surface area contributed by atoms with Crippen molar-refractivity contribution >= 4 is 0 Å². The van der Waals surface area contributed by atoms with E-state index in [0.29, 0.717) is 5.56 Å². The Morgan fingerprint density at radius 2 is 1.70 bits per heavy atom. The molecule has 0 radical (unpaired) electrons. The van der Waals surface area contributed by atoms with Crippen LogP contribution in [0.5, 0.6) is 5.75 Å². The van der Waals surface area contributed by atoms with Crippen LogP contribution in [0.4, 0.5) is 4.39 Å². The van der Waals surface area contributed by atoms with Crippen molar-refractivity contribution in [2.75, 3.05) is 0 Å². The zero-order valence-corrected chi connectivity index (χ0v) is 11.9. The lowest BCUT2D eigenvalue weighted by Crippen LogP contribution is -2.22. The predicted molar refractivity (Wildman–Crippen MR) is 77.4 cm³/mol. The highest BCUT2D eigenvalue weighted by molar-refractivity contribution is 5.31. The molecule has 2 atom stereocenters. The van der Waals surface area contributed by atoms with Crippen LogP contribution in [0.15, 0.2) is 42.5 Å². The van der Waals surface area contributed by atoms with Gasteiger partial charge in [-0.05, 0) is 38.0 Å². The molecule has 0 spiro atoms. The minimum atomic E-state index is -0.796. The van der Waals surface area contributed by atoms with Gasteiger partial charge in [-0.15, -0.1) is 0 Å². The van der Waals surface area contributed by atoms with E-state index in [0.717, 1.165) is 11.1 Å². The van der Waals surface area contributed by atoms with Gasteiger partial charge in [0.05, 0.1) is 0 Å². The topological polar surface area (TPSA) is 29.5 Å². The number of rotatable bonds is 4. The zero-order chi connectivity index (χ0) is 14.7. The Labute approximate surface area is 118 Å². The summed E-state index contributed by atoms with van der Waals surface area (Å²) in [5.74, 6) is -0.209. The van der Waals surface area contributed by atoms with Crippen LogP contribution in [-0.2, 0) is 0 Å². The Hall–Kier alpha value is -1.87. The van der Waals surface area contributed by atoms with Crippen molar-refractivity contribution < 1.29 is 14.2 Å². The summed E-state index contributed by atoms with van der Waals surface area (Å²) in [5, 5.41) is 10.3. The Morgan fingerprint density at radius 1 is 1.05 bits per heavy atom. The van der Waals surface area contributed by atoms with Gasteiger partial charge in [0, 0.05) is 0 Å². The van der Waals surface area contributed by atoms with Crippen molar-refractivity contribution in [3.63, 3.8) is 0 Å². The van der Waals surface area contributed by atoms with Gasteiger partial charge < -0.3 is 9.84 Å². The highest BCUT2D eigenvalue weighted by atomic mass is 19.1. The lowest BCUT2D eigenvalue weighted by atomic mass is 10.0. The maximum absolute atomic E-state index is 13.9. The largest absolute Gasteiger partial charge is 0.485 e. The van der Waals surface area contributed by atoms with E-state index in [2.05, 4.69) is 0 Å². The molecule has 0 bridgehead atoms. The summed E-state index contributed by atoms with van der Waals surface area (Å²) in [7, 11) is 0. The normalized spacial score (nSPS) is 13.8. The van der Waals surface area contributed by atoms with Crippen LogP contribution >= 0.6 is 0 Å². The molecule has 0 aromatic heterocycles. The van der Waals surface area contributed by atoms with Crippen molar-refractivity contribution in [3.05, 3.63) is 65.0 Å². The van der Waals surface area contributed by atoms with Gasteiger partial charge in [-0.25, -0.2) is 4.39 Å². The number of hydrogen-bond donors (Lipinski definition) is 1. The van der Waals surface area contributed by atoms with Crippen LogP contribution in [0, 0.1) is 19.7 Å². The van der Waals surface area contributed by atoms with E-state index in [1.54, 1.807) is 32.0 Å². The van der Waals surface area contributed by atoms with E-state index >= 15 is 0 Å². The van der Waals surface area contributed by atoms with Crippen LogP contribution in [0.1, 0.15) is 29.7 Å². The molecular weight excluding hydrogens is 255 g/mol. The van der Waals surface area contributed by atoms with Gasteiger partial charge >= 0.3 is 0 Å². The molecule has 0 aliphatic rings. The average Bonchev–Trinajstić information content (AvgIpc) is 2.44. The number of halogens is 1. The van der Waals surface area contributed by atoms with E-state index in [4.69, 9.17) is 4.74 Å². The zero-order valence-electron chi connectivity index (χ0n) is 11.9. The Bertz CT molecular complexity index is 578. The lowest BCUT2D eigenvalue weighted by molar-refractivity contribution is 0.0443. The van der Waals surface area contributed by atoms with Crippen LogP contribution in [-0.4, -0.2) is 11.2 Å². The maximum atomic E-state index is 13.9. The maximum Gasteiger partial charge on any atom is 0.167 e. The molecule has 2 aromatic rings. The predicted octanol–water partition coefficient (Wildman–Crippen LogP) is 3.94. The minimum Gasteiger partial charge on any atom is -0.485 e. The summed E-state index contributed by atoms with van der Waals surface area (Å²) in [5.41, 5.74) is 2.41. The first-order valence-electron chi connectivity index (χ1n) is 6.65. The quantitative estimate of drug-likeness (QED) is 0.915. The molecule has 0 saturated carbocycles. The number of hydrogen-bond acceptors (Lipinski definition) is 2. The van der Waals surface area contributed by atoms with Crippen molar-refractivity contribution in [3.8, 4) is 5.75 Å². The molecule has 106 valence electrons. The van der Waals surface area contributed by atoms with Crippen molar-refractivity contribution in [2.45, 2.75) is 33.0 Å². The van der Waals surface area contributed by atoms with E-state index in [-0.39, 0.29) is 11.6 Å². The summed E-state index contributed by atoms with van der Waals surface area (Å²) in [6.07, 6.45) is -1.33. The van der Waals surface area contributed by atoms with Gasteiger partial charge in [-0.2, -0.15) is 0 Å². The van der Waals surface area contributed by atoms with E-state index in [9.17, 15) is 9.50 Å². The fourth-order valence-corrected chi connectivity index (χ4v) is 2.01. The monoisotopic (exact) mass is 274 g/mol. The van der Waals surface area contributed by atoms with Crippen molar-refractivity contribution in [1.82, 2.24) is 0 Å². The van der Waals surface area contributed by atoms with E-state index < -0.39 is 12.2 Å². The molecule has 0 fully saturated rings. The molecule has 0 aliphatic carbocycles. The molecule has 1 N–H and O–H groups in total. The first kappa shape index (κ1) is 14.5. The molecule has 0 aliphatic heterocycles. The number of ether oxygens (including phenoxy) is 1. The number of aliphatic hydroxyl groups excluding tert-OH is 1. The highest BCUT2D eigenvalue weighted by Gasteiger charge is 2.19. The van der Waals surface area contributed by atoms with E-state index in [1.165, 1.54) is 0 Å².